The number of para-hydroxylation sites is 1. The van der Waals surface area contributed by atoms with Gasteiger partial charge in [0.05, 0.1) is 6.21 Å². The molecular formula is C25H25BrN4O. The molecule has 3 aromatic rings. The Bertz CT molecular complexity index is 1010. The third kappa shape index (κ3) is 6.03. The molecule has 6 heteroatoms. The van der Waals surface area contributed by atoms with Gasteiger partial charge >= 0.3 is 0 Å². The van der Waals surface area contributed by atoms with Crippen molar-refractivity contribution in [3.05, 3.63) is 100 Å². The molecule has 0 aliphatic carbocycles. The molecular weight excluding hydrogens is 452 g/mol. The Morgan fingerprint density at radius 3 is 2.26 bits per heavy atom. The first kappa shape index (κ1) is 21.3. The van der Waals surface area contributed by atoms with Gasteiger partial charge in [-0.25, -0.2) is 5.43 Å². The predicted molar refractivity (Wildman–Crippen MR) is 130 cm³/mol. The number of hydrogen-bond donors (Lipinski definition) is 1. The molecule has 0 atom stereocenters. The van der Waals surface area contributed by atoms with E-state index in [1.807, 2.05) is 48.5 Å². The van der Waals surface area contributed by atoms with Crippen molar-refractivity contribution >= 4 is 33.7 Å². The van der Waals surface area contributed by atoms with Gasteiger partial charge in [0, 0.05) is 48.4 Å². The number of nitrogens with zero attached hydrogens (tertiary/aromatic N) is 3. The maximum Gasteiger partial charge on any atom is 0.271 e. The van der Waals surface area contributed by atoms with Gasteiger partial charge in [-0.2, -0.15) is 5.10 Å². The van der Waals surface area contributed by atoms with Gasteiger partial charge in [0.25, 0.3) is 5.91 Å². The first-order valence-electron chi connectivity index (χ1n) is 10.4. The van der Waals surface area contributed by atoms with Gasteiger partial charge in [-0.15, -0.1) is 0 Å². The van der Waals surface area contributed by atoms with Gasteiger partial charge in [-0.3, -0.25) is 9.69 Å². The van der Waals surface area contributed by atoms with Crippen molar-refractivity contribution in [3.63, 3.8) is 0 Å². The summed E-state index contributed by atoms with van der Waals surface area (Å²) in [5, 5.41) is 4.04. The fraction of sp³-hybridized carbons (Fsp3) is 0.200. The van der Waals surface area contributed by atoms with E-state index >= 15 is 0 Å². The number of rotatable bonds is 6. The molecule has 0 spiro atoms. The van der Waals surface area contributed by atoms with Crippen LogP contribution in [0.3, 0.4) is 0 Å². The first-order chi connectivity index (χ1) is 15.2. The van der Waals surface area contributed by atoms with E-state index in [1.165, 1.54) is 11.3 Å². The largest absolute Gasteiger partial charge is 0.369 e. The zero-order chi connectivity index (χ0) is 21.5. The van der Waals surface area contributed by atoms with E-state index in [0.717, 1.165) is 42.8 Å². The fourth-order valence-corrected chi connectivity index (χ4v) is 3.87. The van der Waals surface area contributed by atoms with Crippen molar-refractivity contribution in [2.24, 2.45) is 5.10 Å². The third-order valence-electron chi connectivity index (χ3n) is 5.37. The van der Waals surface area contributed by atoms with Gasteiger partial charge in [-0.05, 0) is 47.5 Å². The van der Waals surface area contributed by atoms with E-state index in [2.05, 4.69) is 66.6 Å². The second-order valence-electron chi connectivity index (χ2n) is 7.55. The number of hydrogen-bond acceptors (Lipinski definition) is 4. The van der Waals surface area contributed by atoms with Crippen LogP contribution in [0.2, 0.25) is 0 Å². The van der Waals surface area contributed by atoms with Gasteiger partial charge in [0.15, 0.2) is 0 Å². The number of anilines is 1. The van der Waals surface area contributed by atoms with Crippen LogP contribution in [0.1, 0.15) is 21.5 Å². The van der Waals surface area contributed by atoms with Crippen molar-refractivity contribution in [3.8, 4) is 0 Å². The molecule has 5 nitrogen and oxygen atoms in total. The molecule has 1 heterocycles. The summed E-state index contributed by atoms with van der Waals surface area (Å²) in [6.07, 6.45) is 1.63. The number of nitrogens with one attached hydrogen (secondary N) is 1. The molecule has 1 N–H and O–H groups in total. The molecule has 4 rings (SSSR count). The van der Waals surface area contributed by atoms with Crippen LogP contribution in [0.25, 0.3) is 0 Å². The van der Waals surface area contributed by atoms with Crippen LogP contribution in [0, 0.1) is 0 Å². The molecule has 0 saturated carbocycles. The summed E-state index contributed by atoms with van der Waals surface area (Å²) >= 11 is 3.40. The van der Waals surface area contributed by atoms with Crippen molar-refractivity contribution in [1.29, 1.82) is 0 Å². The molecule has 1 aliphatic rings. The van der Waals surface area contributed by atoms with Gasteiger partial charge in [0.2, 0.25) is 0 Å². The molecule has 0 aromatic heterocycles. The Balaban J connectivity index is 1.25. The number of benzene rings is 3. The molecule has 3 aromatic carbocycles. The summed E-state index contributed by atoms with van der Waals surface area (Å²) in [5.41, 5.74) is 6.61. The normalized spacial score (nSPS) is 14.7. The SMILES string of the molecule is O=C(N/N=C\c1ccc(Br)cc1)c1ccc(CN2CCN(c3ccccc3)CC2)cc1. The van der Waals surface area contributed by atoms with Crippen LogP contribution in [0.15, 0.2) is 88.4 Å². The minimum atomic E-state index is -0.212. The second kappa shape index (κ2) is 10.4. The van der Waals surface area contributed by atoms with Crippen molar-refractivity contribution in [2.45, 2.75) is 6.54 Å². The first-order valence-corrected chi connectivity index (χ1v) is 11.2. The molecule has 1 fully saturated rings. The molecule has 1 amide bonds. The number of amides is 1. The highest BCUT2D eigenvalue weighted by Crippen LogP contribution is 2.17. The highest BCUT2D eigenvalue weighted by Gasteiger charge is 2.17. The lowest BCUT2D eigenvalue weighted by molar-refractivity contribution is 0.0955. The van der Waals surface area contributed by atoms with Gasteiger partial charge in [0.1, 0.15) is 0 Å². The average molecular weight is 477 g/mol. The summed E-state index contributed by atoms with van der Waals surface area (Å²) in [6.45, 7) is 5.01. The lowest BCUT2D eigenvalue weighted by Gasteiger charge is -2.36. The number of carbonyl (C=O) groups excluding carboxylic acids is 1. The third-order valence-corrected chi connectivity index (χ3v) is 5.89. The van der Waals surface area contributed by atoms with Crippen LogP contribution in [0.4, 0.5) is 5.69 Å². The minimum absolute atomic E-state index is 0.212. The number of halogens is 1. The molecule has 1 aliphatic heterocycles. The van der Waals surface area contributed by atoms with Crippen LogP contribution >= 0.6 is 15.9 Å². The van der Waals surface area contributed by atoms with Crippen LogP contribution in [0.5, 0.6) is 0 Å². The molecule has 31 heavy (non-hydrogen) atoms. The predicted octanol–water partition coefficient (Wildman–Crippen LogP) is 4.54. The van der Waals surface area contributed by atoms with Crippen LogP contribution < -0.4 is 10.3 Å². The highest BCUT2D eigenvalue weighted by atomic mass is 79.9. The lowest BCUT2D eigenvalue weighted by atomic mass is 10.1. The van der Waals surface area contributed by atoms with E-state index < -0.39 is 0 Å². The van der Waals surface area contributed by atoms with Gasteiger partial charge in [-0.1, -0.05) is 58.4 Å². The summed E-state index contributed by atoms with van der Waals surface area (Å²) < 4.78 is 1.01. The molecule has 0 unspecified atom stereocenters. The van der Waals surface area contributed by atoms with E-state index in [0.29, 0.717) is 5.56 Å². The summed E-state index contributed by atoms with van der Waals surface area (Å²) in [7, 11) is 0. The Kier molecular flexibility index (Phi) is 7.12. The van der Waals surface area contributed by atoms with Crippen LogP contribution in [-0.4, -0.2) is 43.2 Å². The van der Waals surface area contributed by atoms with Gasteiger partial charge < -0.3 is 4.90 Å². The zero-order valence-corrected chi connectivity index (χ0v) is 18.8. The van der Waals surface area contributed by atoms with E-state index in [4.69, 9.17) is 0 Å². The zero-order valence-electron chi connectivity index (χ0n) is 17.2. The van der Waals surface area contributed by atoms with E-state index in [9.17, 15) is 4.79 Å². The topological polar surface area (TPSA) is 47.9 Å². The molecule has 0 bridgehead atoms. The van der Waals surface area contributed by atoms with Crippen molar-refractivity contribution in [2.75, 3.05) is 31.1 Å². The molecule has 0 radical (unpaired) electrons. The maximum absolute atomic E-state index is 12.3. The van der Waals surface area contributed by atoms with Crippen LogP contribution in [-0.2, 0) is 6.54 Å². The van der Waals surface area contributed by atoms with Crippen molar-refractivity contribution in [1.82, 2.24) is 10.3 Å². The Labute approximate surface area is 191 Å². The van der Waals surface area contributed by atoms with E-state index in [-0.39, 0.29) is 5.91 Å². The molecule has 1 saturated heterocycles. The summed E-state index contributed by atoms with van der Waals surface area (Å²) in [6, 6.07) is 26.1. The summed E-state index contributed by atoms with van der Waals surface area (Å²) in [4.78, 5) is 17.2. The summed E-state index contributed by atoms with van der Waals surface area (Å²) in [5.74, 6) is -0.212. The maximum atomic E-state index is 12.3. The smallest absolute Gasteiger partial charge is 0.271 e. The standard InChI is InChI=1S/C25H25BrN4O/c26-23-12-8-20(9-13-23)18-27-28-25(31)22-10-6-21(7-11-22)19-29-14-16-30(17-15-29)24-4-2-1-3-5-24/h1-13,18H,14-17,19H2,(H,28,31)/b27-18-. The Hall–Kier alpha value is -2.96. The fourth-order valence-electron chi connectivity index (χ4n) is 3.60. The average Bonchev–Trinajstić information content (AvgIpc) is 2.82. The highest BCUT2D eigenvalue weighted by molar-refractivity contribution is 9.10. The quantitative estimate of drug-likeness (QED) is 0.419. The minimum Gasteiger partial charge on any atom is -0.369 e. The lowest BCUT2D eigenvalue weighted by Crippen LogP contribution is -2.45. The number of carbonyl (C=O) groups is 1. The number of hydrazone groups is 1. The monoisotopic (exact) mass is 476 g/mol. The Morgan fingerprint density at radius 1 is 0.903 bits per heavy atom. The second-order valence-corrected chi connectivity index (χ2v) is 8.46. The number of piperazine rings is 1. The molecule has 158 valence electrons. The Morgan fingerprint density at radius 2 is 1.58 bits per heavy atom. The van der Waals surface area contributed by atoms with Crippen molar-refractivity contribution < 1.29 is 4.79 Å². The van der Waals surface area contributed by atoms with E-state index in [1.54, 1.807) is 6.21 Å².